The number of likely N-dealkylation sites (tertiary alicyclic amines) is 1. The van der Waals surface area contributed by atoms with E-state index in [1.54, 1.807) is 11.3 Å². The summed E-state index contributed by atoms with van der Waals surface area (Å²) in [4.78, 5) is 8.42. The van der Waals surface area contributed by atoms with Gasteiger partial charge in [-0.15, -0.1) is 11.3 Å². The Hall–Kier alpha value is -0.450. The van der Waals surface area contributed by atoms with Crippen molar-refractivity contribution in [3.63, 3.8) is 0 Å². The summed E-state index contributed by atoms with van der Waals surface area (Å²) in [6.07, 6.45) is 3.54. The summed E-state index contributed by atoms with van der Waals surface area (Å²) < 4.78 is 0. The van der Waals surface area contributed by atoms with E-state index < -0.39 is 0 Å². The van der Waals surface area contributed by atoms with Gasteiger partial charge in [0, 0.05) is 16.5 Å². The van der Waals surface area contributed by atoms with Crippen molar-refractivity contribution in [2.24, 2.45) is 11.1 Å². The first kappa shape index (κ1) is 12.6. The SMILES string of the molecule is CC(C)(C)N1CCC2(CC1)Cc1ncsc1[C@H]2N. The van der Waals surface area contributed by atoms with Gasteiger partial charge in [-0.05, 0) is 58.5 Å². The van der Waals surface area contributed by atoms with E-state index in [9.17, 15) is 0 Å². The number of nitrogens with two attached hydrogens (primary N) is 1. The maximum Gasteiger partial charge on any atom is 0.0798 e. The van der Waals surface area contributed by atoms with Crippen molar-refractivity contribution in [3.8, 4) is 0 Å². The van der Waals surface area contributed by atoms with Crippen molar-refractivity contribution >= 4 is 11.3 Å². The van der Waals surface area contributed by atoms with Crippen LogP contribution in [0.1, 0.15) is 50.2 Å². The van der Waals surface area contributed by atoms with Crippen molar-refractivity contribution in [1.82, 2.24) is 9.88 Å². The molecule has 2 N–H and O–H groups in total. The lowest BCUT2D eigenvalue weighted by molar-refractivity contribution is 0.0346. The third-order valence-corrected chi connectivity index (χ3v) is 5.80. The molecule has 1 atom stereocenters. The molecule has 0 unspecified atom stereocenters. The zero-order valence-electron chi connectivity index (χ0n) is 11.6. The van der Waals surface area contributed by atoms with Crippen LogP contribution < -0.4 is 5.73 Å². The number of hydrogen-bond donors (Lipinski definition) is 1. The first-order valence-electron chi connectivity index (χ1n) is 6.85. The third kappa shape index (κ3) is 1.82. The minimum Gasteiger partial charge on any atom is -0.323 e. The molecule has 0 aromatic carbocycles. The molecule has 1 aliphatic carbocycles. The van der Waals surface area contributed by atoms with Gasteiger partial charge in [0.2, 0.25) is 0 Å². The smallest absolute Gasteiger partial charge is 0.0798 e. The van der Waals surface area contributed by atoms with Gasteiger partial charge < -0.3 is 5.73 Å². The van der Waals surface area contributed by atoms with E-state index in [1.165, 1.54) is 36.5 Å². The van der Waals surface area contributed by atoms with Gasteiger partial charge in [-0.25, -0.2) is 4.98 Å². The monoisotopic (exact) mass is 265 g/mol. The fraction of sp³-hybridized carbons (Fsp3) is 0.786. The van der Waals surface area contributed by atoms with Crippen LogP contribution in [0.3, 0.4) is 0 Å². The minimum atomic E-state index is 0.224. The van der Waals surface area contributed by atoms with Crippen LogP contribution in [0.5, 0.6) is 0 Å². The molecule has 100 valence electrons. The zero-order chi connectivity index (χ0) is 13.0. The summed E-state index contributed by atoms with van der Waals surface area (Å²) in [5, 5.41) is 0. The van der Waals surface area contributed by atoms with Crippen LogP contribution >= 0.6 is 11.3 Å². The highest BCUT2D eigenvalue weighted by Gasteiger charge is 2.48. The van der Waals surface area contributed by atoms with E-state index in [4.69, 9.17) is 5.73 Å². The highest BCUT2D eigenvalue weighted by molar-refractivity contribution is 7.09. The van der Waals surface area contributed by atoms with E-state index in [0.717, 1.165) is 6.42 Å². The van der Waals surface area contributed by atoms with Crippen LogP contribution in [0.15, 0.2) is 5.51 Å². The van der Waals surface area contributed by atoms with Gasteiger partial charge in [-0.2, -0.15) is 0 Å². The quantitative estimate of drug-likeness (QED) is 0.784. The number of aromatic nitrogens is 1. The van der Waals surface area contributed by atoms with Crippen LogP contribution in [-0.2, 0) is 6.42 Å². The Morgan fingerprint density at radius 1 is 1.39 bits per heavy atom. The molecule has 18 heavy (non-hydrogen) atoms. The lowest BCUT2D eigenvalue weighted by Gasteiger charge is -2.46. The van der Waals surface area contributed by atoms with Crippen LogP contribution in [0, 0.1) is 5.41 Å². The van der Waals surface area contributed by atoms with Crippen molar-refractivity contribution in [2.45, 2.75) is 51.6 Å². The van der Waals surface area contributed by atoms with Gasteiger partial charge >= 0.3 is 0 Å². The van der Waals surface area contributed by atoms with Crippen molar-refractivity contribution in [3.05, 3.63) is 16.1 Å². The number of fused-ring (bicyclic) bond motifs is 1. The summed E-state index contributed by atoms with van der Waals surface area (Å²) in [6.45, 7) is 9.26. The molecule has 3 rings (SSSR count). The van der Waals surface area contributed by atoms with E-state index >= 15 is 0 Å². The van der Waals surface area contributed by atoms with Crippen LogP contribution in [-0.4, -0.2) is 28.5 Å². The predicted octanol–water partition coefficient (Wildman–Crippen LogP) is 2.58. The highest BCUT2D eigenvalue weighted by Crippen LogP contribution is 2.52. The minimum absolute atomic E-state index is 0.224. The Bertz CT molecular complexity index is 438. The summed E-state index contributed by atoms with van der Waals surface area (Å²) in [7, 11) is 0. The first-order valence-corrected chi connectivity index (χ1v) is 7.73. The first-order chi connectivity index (χ1) is 8.42. The fourth-order valence-corrected chi connectivity index (χ4v) is 4.45. The molecule has 3 nitrogen and oxygen atoms in total. The molecule has 1 saturated heterocycles. The van der Waals surface area contributed by atoms with Gasteiger partial charge in [0.05, 0.1) is 11.2 Å². The van der Waals surface area contributed by atoms with Gasteiger partial charge in [0.1, 0.15) is 0 Å². The van der Waals surface area contributed by atoms with Crippen LogP contribution in [0.25, 0.3) is 0 Å². The van der Waals surface area contributed by atoms with Gasteiger partial charge in [-0.3, -0.25) is 4.90 Å². The Morgan fingerprint density at radius 2 is 2.06 bits per heavy atom. The highest BCUT2D eigenvalue weighted by atomic mass is 32.1. The Morgan fingerprint density at radius 3 is 2.61 bits per heavy atom. The van der Waals surface area contributed by atoms with E-state index in [0.29, 0.717) is 5.41 Å². The average molecular weight is 265 g/mol. The second-order valence-electron chi connectivity index (χ2n) is 6.84. The van der Waals surface area contributed by atoms with Gasteiger partial charge in [0.25, 0.3) is 0 Å². The number of thiazole rings is 1. The molecule has 1 aliphatic heterocycles. The summed E-state index contributed by atoms with van der Waals surface area (Å²) in [5.41, 5.74) is 10.3. The van der Waals surface area contributed by atoms with E-state index in [1.807, 2.05) is 5.51 Å². The molecule has 0 amide bonds. The van der Waals surface area contributed by atoms with Crippen LogP contribution in [0.4, 0.5) is 0 Å². The number of hydrogen-bond acceptors (Lipinski definition) is 4. The predicted molar refractivity (Wildman–Crippen MR) is 75.7 cm³/mol. The Labute approximate surface area is 113 Å². The molecule has 1 spiro atoms. The van der Waals surface area contributed by atoms with E-state index in [2.05, 4.69) is 30.7 Å². The van der Waals surface area contributed by atoms with Gasteiger partial charge in [0.15, 0.2) is 0 Å². The fourth-order valence-electron chi connectivity index (χ4n) is 3.50. The molecule has 2 heterocycles. The third-order valence-electron chi connectivity index (χ3n) is 4.84. The Kier molecular flexibility index (Phi) is 2.81. The molecule has 2 aliphatic rings. The molecule has 1 aromatic rings. The normalized spacial score (nSPS) is 27.7. The number of piperidine rings is 1. The molecule has 0 saturated carbocycles. The largest absolute Gasteiger partial charge is 0.323 e. The second kappa shape index (κ2) is 4.02. The van der Waals surface area contributed by atoms with E-state index in [-0.39, 0.29) is 11.6 Å². The lowest BCUT2D eigenvalue weighted by atomic mass is 9.73. The zero-order valence-corrected chi connectivity index (χ0v) is 12.4. The molecular weight excluding hydrogens is 242 g/mol. The molecule has 1 aromatic heterocycles. The lowest BCUT2D eigenvalue weighted by Crippen LogP contribution is -2.51. The standard InChI is InChI=1S/C14H23N3S/c1-13(2,3)17-6-4-14(5-7-17)8-10-11(12(14)15)18-9-16-10/h9,12H,4-8,15H2,1-3H3/t12-/m1/s1. The number of nitrogens with zero attached hydrogens (tertiary/aromatic N) is 2. The summed E-state index contributed by atoms with van der Waals surface area (Å²) in [6, 6.07) is 0.224. The molecule has 4 heteroatoms. The van der Waals surface area contributed by atoms with Crippen molar-refractivity contribution < 1.29 is 0 Å². The van der Waals surface area contributed by atoms with Crippen molar-refractivity contribution in [1.29, 1.82) is 0 Å². The maximum atomic E-state index is 6.51. The maximum absolute atomic E-state index is 6.51. The topological polar surface area (TPSA) is 42.2 Å². The summed E-state index contributed by atoms with van der Waals surface area (Å²) in [5.74, 6) is 0. The van der Waals surface area contributed by atoms with Crippen molar-refractivity contribution in [2.75, 3.05) is 13.1 Å². The molecule has 0 bridgehead atoms. The van der Waals surface area contributed by atoms with Gasteiger partial charge in [-0.1, -0.05) is 0 Å². The molecule has 1 fully saturated rings. The second-order valence-corrected chi connectivity index (χ2v) is 7.72. The van der Waals surface area contributed by atoms with Crippen LogP contribution in [0.2, 0.25) is 0 Å². The molecular formula is C14H23N3S. The number of rotatable bonds is 0. The molecule has 0 radical (unpaired) electrons. The Balaban J connectivity index is 1.76. The summed E-state index contributed by atoms with van der Waals surface area (Å²) >= 11 is 1.74. The average Bonchev–Trinajstić information content (AvgIpc) is 2.83.